The van der Waals surface area contributed by atoms with Gasteiger partial charge < -0.3 is 10.1 Å². The monoisotopic (exact) mass is 405 g/mol. The second-order valence-electron chi connectivity index (χ2n) is 6.24. The minimum absolute atomic E-state index is 0.0348. The highest BCUT2D eigenvalue weighted by atomic mass is 35.5. The van der Waals surface area contributed by atoms with Crippen molar-refractivity contribution >= 4 is 29.2 Å². The maximum Gasteiger partial charge on any atom is 0.360 e. The SMILES string of the molecule is COC(=O)c1nn(C)c(C)c1NC(=O)c1ccn(Cn2nc(C)c(Cl)c2C)n1. The molecule has 148 valence electrons. The topological polar surface area (TPSA) is 109 Å². The van der Waals surface area contributed by atoms with Gasteiger partial charge >= 0.3 is 5.97 Å². The summed E-state index contributed by atoms with van der Waals surface area (Å²) in [6.07, 6.45) is 1.66. The van der Waals surface area contributed by atoms with Crippen LogP contribution in [-0.4, -0.2) is 48.3 Å². The van der Waals surface area contributed by atoms with Gasteiger partial charge in [0.2, 0.25) is 0 Å². The van der Waals surface area contributed by atoms with Crippen molar-refractivity contribution in [2.75, 3.05) is 12.4 Å². The quantitative estimate of drug-likeness (QED) is 0.649. The Morgan fingerprint density at radius 1 is 1.18 bits per heavy atom. The fourth-order valence-corrected chi connectivity index (χ4v) is 2.82. The molecule has 0 radical (unpaired) electrons. The van der Waals surface area contributed by atoms with E-state index in [4.69, 9.17) is 16.3 Å². The highest BCUT2D eigenvalue weighted by molar-refractivity contribution is 6.31. The number of nitrogens with one attached hydrogen (secondary N) is 1. The average molecular weight is 406 g/mol. The molecule has 3 heterocycles. The molecule has 3 aromatic rings. The Hall–Kier alpha value is -3.14. The Balaban J connectivity index is 1.80. The van der Waals surface area contributed by atoms with Gasteiger partial charge in [0.1, 0.15) is 6.67 Å². The minimum Gasteiger partial charge on any atom is -0.464 e. The van der Waals surface area contributed by atoms with Crippen LogP contribution in [0.15, 0.2) is 12.3 Å². The number of carbonyl (C=O) groups is 2. The minimum atomic E-state index is -0.633. The predicted molar refractivity (Wildman–Crippen MR) is 102 cm³/mol. The predicted octanol–water partition coefficient (Wildman–Crippen LogP) is 1.94. The lowest BCUT2D eigenvalue weighted by molar-refractivity contribution is 0.0594. The van der Waals surface area contributed by atoms with Crippen LogP contribution in [0.1, 0.15) is 38.1 Å². The van der Waals surface area contributed by atoms with E-state index in [1.807, 2.05) is 13.8 Å². The molecular formula is C17H20ClN7O3. The third-order valence-corrected chi connectivity index (χ3v) is 4.94. The highest BCUT2D eigenvalue weighted by Gasteiger charge is 2.23. The number of rotatable bonds is 5. The molecule has 3 rings (SSSR count). The van der Waals surface area contributed by atoms with Crippen molar-refractivity contribution in [1.29, 1.82) is 0 Å². The fourth-order valence-electron chi connectivity index (χ4n) is 2.69. The van der Waals surface area contributed by atoms with Crippen LogP contribution < -0.4 is 5.32 Å². The third-order valence-electron chi connectivity index (χ3n) is 4.40. The number of nitrogens with zero attached hydrogens (tertiary/aromatic N) is 6. The van der Waals surface area contributed by atoms with Crippen molar-refractivity contribution in [3.8, 4) is 0 Å². The standard InChI is InChI=1S/C17H20ClN7O3/c1-9-13(18)10(2)25(20-9)8-24-7-6-12(21-24)16(26)19-14-11(3)23(4)22-15(14)17(27)28-5/h6-7H,8H2,1-5H3,(H,19,26). The Labute approximate surface area is 166 Å². The van der Waals surface area contributed by atoms with Gasteiger partial charge in [-0.1, -0.05) is 11.6 Å². The van der Waals surface area contributed by atoms with Crippen LogP contribution in [0, 0.1) is 20.8 Å². The number of aryl methyl sites for hydroxylation is 2. The van der Waals surface area contributed by atoms with Crippen LogP contribution in [-0.2, 0) is 18.5 Å². The van der Waals surface area contributed by atoms with Gasteiger partial charge in [0.15, 0.2) is 11.4 Å². The number of esters is 1. The zero-order chi connectivity index (χ0) is 20.6. The lowest BCUT2D eigenvalue weighted by atomic mass is 10.2. The summed E-state index contributed by atoms with van der Waals surface area (Å²) >= 11 is 6.16. The number of hydrogen-bond donors (Lipinski definition) is 1. The van der Waals surface area contributed by atoms with E-state index < -0.39 is 11.9 Å². The van der Waals surface area contributed by atoms with Crippen LogP contribution in [0.5, 0.6) is 0 Å². The molecule has 11 heteroatoms. The normalized spacial score (nSPS) is 10.9. The molecule has 10 nitrogen and oxygen atoms in total. The van der Waals surface area contributed by atoms with Crippen molar-refractivity contribution in [3.63, 3.8) is 0 Å². The highest BCUT2D eigenvalue weighted by Crippen LogP contribution is 2.21. The largest absolute Gasteiger partial charge is 0.464 e. The molecule has 0 fully saturated rings. The summed E-state index contributed by atoms with van der Waals surface area (Å²) in [6.45, 7) is 5.73. The van der Waals surface area contributed by atoms with Crippen molar-refractivity contribution in [1.82, 2.24) is 29.3 Å². The summed E-state index contributed by atoms with van der Waals surface area (Å²) in [7, 11) is 2.93. The number of aromatic nitrogens is 6. The number of amides is 1. The summed E-state index contributed by atoms with van der Waals surface area (Å²) in [5.74, 6) is -1.10. The van der Waals surface area contributed by atoms with E-state index in [1.165, 1.54) is 11.8 Å². The first-order valence-corrected chi connectivity index (χ1v) is 8.77. The third kappa shape index (κ3) is 3.50. The number of carbonyl (C=O) groups excluding carboxylic acids is 2. The molecule has 0 saturated heterocycles. The molecule has 0 aliphatic rings. The zero-order valence-electron chi connectivity index (χ0n) is 16.1. The van der Waals surface area contributed by atoms with E-state index in [2.05, 4.69) is 20.6 Å². The molecule has 0 aromatic carbocycles. The van der Waals surface area contributed by atoms with E-state index in [0.29, 0.717) is 23.1 Å². The number of hydrogen-bond acceptors (Lipinski definition) is 6. The number of halogens is 1. The Bertz CT molecular complexity index is 1060. The molecule has 0 aliphatic heterocycles. The molecule has 3 aromatic heterocycles. The van der Waals surface area contributed by atoms with Crippen LogP contribution in [0.4, 0.5) is 5.69 Å². The van der Waals surface area contributed by atoms with Gasteiger partial charge in [-0.05, 0) is 26.8 Å². The molecule has 28 heavy (non-hydrogen) atoms. The van der Waals surface area contributed by atoms with Gasteiger partial charge in [0, 0.05) is 13.2 Å². The van der Waals surface area contributed by atoms with Gasteiger partial charge in [-0.25, -0.2) is 9.48 Å². The van der Waals surface area contributed by atoms with Crippen molar-refractivity contribution < 1.29 is 14.3 Å². The van der Waals surface area contributed by atoms with Gasteiger partial charge in [-0.2, -0.15) is 15.3 Å². The van der Waals surface area contributed by atoms with E-state index in [9.17, 15) is 9.59 Å². The van der Waals surface area contributed by atoms with Crippen molar-refractivity contribution in [2.24, 2.45) is 7.05 Å². The number of ether oxygens (including phenoxy) is 1. The molecule has 0 bridgehead atoms. The van der Waals surface area contributed by atoms with Crippen LogP contribution in [0.2, 0.25) is 5.02 Å². The Morgan fingerprint density at radius 3 is 2.50 bits per heavy atom. The van der Waals surface area contributed by atoms with Crippen molar-refractivity contribution in [3.05, 3.63) is 45.8 Å². The van der Waals surface area contributed by atoms with Crippen LogP contribution in [0.25, 0.3) is 0 Å². The molecule has 0 atom stereocenters. The molecule has 1 N–H and O–H groups in total. The molecular weight excluding hydrogens is 386 g/mol. The van der Waals surface area contributed by atoms with Gasteiger partial charge in [-0.3, -0.25) is 14.2 Å². The summed E-state index contributed by atoms with van der Waals surface area (Å²) in [6, 6.07) is 1.58. The van der Waals surface area contributed by atoms with Crippen molar-refractivity contribution in [2.45, 2.75) is 27.4 Å². The number of methoxy groups -OCH3 is 1. The first kappa shape index (κ1) is 19.6. The summed E-state index contributed by atoms with van der Waals surface area (Å²) in [5, 5.41) is 16.0. The zero-order valence-corrected chi connectivity index (χ0v) is 16.9. The van der Waals surface area contributed by atoms with Crippen LogP contribution >= 0.6 is 11.6 Å². The van der Waals surface area contributed by atoms with E-state index >= 15 is 0 Å². The molecule has 0 aliphatic carbocycles. The summed E-state index contributed by atoms with van der Waals surface area (Å²) in [5.41, 5.74) is 2.67. The Kier molecular flexibility index (Phi) is 5.23. The maximum atomic E-state index is 12.6. The summed E-state index contributed by atoms with van der Waals surface area (Å²) in [4.78, 5) is 24.5. The first-order chi connectivity index (χ1) is 13.2. The maximum absolute atomic E-state index is 12.6. The Morgan fingerprint density at radius 2 is 1.89 bits per heavy atom. The lowest BCUT2D eigenvalue weighted by Crippen LogP contribution is -2.17. The van der Waals surface area contributed by atoms with Gasteiger partial charge in [0.05, 0.1) is 34.9 Å². The molecule has 1 amide bonds. The van der Waals surface area contributed by atoms with E-state index in [1.54, 1.807) is 35.6 Å². The average Bonchev–Trinajstić information content (AvgIpc) is 3.31. The van der Waals surface area contributed by atoms with Gasteiger partial charge in [-0.15, -0.1) is 0 Å². The summed E-state index contributed by atoms with van der Waals surface area (Å²) < 4.78 is 9.49. The molecule has 0 spiro atoms. The van der Waals surface area contributed by atoms with E-state index in [0.717, 1.165) is 11.4 Å². The smallest absolute Gasteiger partial charge is 0.360 e. The lowest BCUT2D eigenvalue weighted by Gasteiger charge is -2.06. The second kappa shape index (κ2) is 7.47. The number of anilines is 1. The molecule has 0 unspecified atom stereocenters. The van der Waals surface area contributed by atoms with E-state index in [-0.39, 0.29) is 11.4 Å². The molecule has 0 saturated carbocycles. The van der Waals surface area contributed by atoms with Gasteiger partial charge in [0.25, 0.3) is 5.91 Å². The fraction of sp³-hybridized carbons (Fsp3) is 0.353. The first-order valence-electron chi connectivity index (χ1n) is 8.39. The second-order valence-corrected chi connectivity index (χ2v) is 6.62. The van der Waals surface area contributed by atoms with Crippen LogP contribution in [0.3, 0.4) is 0 Å².